The standard InChI is InChI=1S/C36H38F2N6O7S2/c1-35(2,3)29(40-31(45)26-17-52-18-39-26)33(47)44-16-19(51-42-28-23-10-6-4-8-21(23)22-9-5-7-11-24(22)28)14-27(44)32(46)41-36(15-25(36)30(37)38)34(48)43-53(49,50)20-12-13-20/h4-11,17-20,25,27,29-30H,12-16H2,1-3H3,(H,40,45)(H,41,46)(H,43,48)/t19-,25+,27+,29-,36+/m1/s1. The smallest absolute Gasteiger partial charge is 0.271 e. The summed E-state index contributed by atoms with van der Waals surface area (Å²) in [4.78, 5) is 66.3. The minimum Gasteiger partial charge on any atom is -0.390 e. The summed E-state index contributed by atoms with van der Waals surface area (Å²) in [6.45, 7) is 5.01. The van der Waals surface area contributed by atoms with Crippen molar-refractivity contribution in [1.82, 2.24) is 25.2 Å². The predicted molar refractivity (Wildman–Crippen MR) is 190 cm³/mol. The molecule has 17 heteroatoms. The normalized spacial score (nSPS) is 23.8. The minimum absolute atomic E-state index is 0.0998. The number of carbonyl (C=O) groups is 4. The van der Waals surface area contributed by atoms with Crippen molar-refractivity contribution in [2.75, 3.05) is 6.54 Å². The third-order valence-corrected chi connectivity index (χ3v) is 12.5. The second-order valence-corrected chi connectivity index (χ2v) is 17.6. The van der Waals surface area contributed by atoms with E-state index in [1.54, 1.807) is 20.8 Å². The lowest BCUT2D eigenvalue weighted by atomic mass is 9.85. The average Bonchev–Trinajstić information content (AvgIpc) is 3.94. The summed E-state index contributed by atoms with van der Waals surface area (Å²) >= 11 is 1.20. The van der Waals surface area contributed by atoms with Crippen LogP contribution in [0.5, 0.6) is 0 Å². The summed E-state index contributed by atoms with van der Waals surface area (Å²) in [5, 5.41) is 10.4. The van der Waals surface area contributed by atoms with Gasteiger partial charge in [0.05, 0.1) is 23.2 Å². The van der Waals surface area contributed by atoms with Crippen molar-refractivity contribution >= 4 is 50.7 Å². The van der Waals surface area contributed by atoms with Gasteiger partial charge >= 0.3 is 0 Å². The number of hydrogen-bond acceptors (Lipinski definition) is 10. The van der Waals surface area contributed by atoms with E-state index in [0.29, 0.717) is 18.6 Å². The van der Waals surface area contributed by atoms with Crippen LogP contribution in [-0.2, 0) is 29.2 Å². The lowest BCUT2D eigenvalue weighted by molar-refractivity contribution is -0.143. The summed E-state index contributed by atoms with van der Waals surface area (Å²) in [6.07, 6.45) is -3.90. The number of sulfonamides is 1. The monoisotopic (exact) mass is 768 g/mol. The lowest BCUT2D eigenvalue weighted by Gasteiger charge is -2.35. The topological polar surface area (TPSA) is 176 Å². The van der Waals surface area contributed by atoms with Gasteiger partial charge in [-0.3, -0.25) is 23.9 Å². The fraction of sp³-hybridized carbons (Fsp3) is 0.444. The quantitative estimate of drug-likeness (QED) is 0.195. The summed E-state index contributed by atoms with van der Waals surface area (Å²) in [5.41, 5.74) is 2.61. The molecule has 3 aliphatic carbocycles. The van der Waals surface area contributed by atoms with Crippen molar-refractivity contribution in [3.63, 3.8) is 0 Å². The van der Waals surface area contributed by atoms with E-state index in [2.05, 4.69) is 20.8 Å². The Labute approximate surface area is 308 Å². The van der Waals surface area contributed by atoms with E-state index in [-0.39, 0.29) is 18.7 Å². The molecule has 5 atom stereocenters. The molecular weight excluding hydrogens is 731 g/mol. The first kappa shape index (κ1) is 36.6. The highest BCUT2D eigenvalue weighted by Crippen LogP contribution is 2.48. The zero-order chi connectivity index (χ0) is 37.9. The van der Waals surface area contributed by atoms with Gasteiger partial charge in [-0.1, -0.05) is 74.5 Å². The molecule has 1 aromatic heterocycles. The van der Waals surface area contributed by atoms with Crippen molar-refractivity contribution in [1.29, 1.82) is 0 Å². The van der Waals surface area contributed by atoms with Gasteiger partial charge < -0.3 is 20.4 Å². The molecule has 0 bridgehead atoms. The lowest BCUT2D eigenvalue weighted by Crippen LogP contribution is -2.60. The molecule has 280 valence electrons. The van der Waals surface area contributed by atoms with Crippen molar-refractivity contribution in [2.45, 2.75) is 81.9 Å². The third kappa shape index (κ3) is 7.03. The van der Waals surface area contributed by atoms with E-state index < -0.39 is 86.8 Å². The van der Waals surface area contributed by atoms with Crippen LogP contribution in [0, 0.1) is 11.3 Å². The Morgan fingerprint density at radius 3 is 2.17 bits per heavy atom. The van der Waals surface area contributed by atoms with Crippen LogP contribution in [0.2, 0.25) is 0 Å². The van der Waals surface area contributed by atoms with Gasteiger partial charge in [0.2, 0.25) is 28.3 Å². The molecule has 0 spiro atoms. The van der Waals surface area contributed by atoms with E-state index in [4.69, 9.17) is 4.84 Å². The molecule has 4 aliphatic rings. The van der Waals surface area contributed by atoms with Gasteiger partial charge in [0.1, 0.15) is 35.1 Å². The summed E-state index contributed by atoms with van der Waals surface area (Å²) in [5.74, 6) is -5.11. The number of rotatable bonds is 11. The number of nitrogens with one attached hydrogen (secondary N) is 3. The number of benzene rings is 2. The average molecular weight is 769 g/mol. The van der Waals surface area contributed by atoms with Gasteiger partial charge in [-0.25, -0.2) is 22.2 Å². The molecule has 1 saturated heterocycles. The summed E-state index contributed by atoms with van der Waals surface area (Å²) in [6, 6.07) is 12.8. The van der Waals surface area contributed by atoms with Crippen LogP contribution in [-0.4, -0.2) is 89.6 Å². The van der Waals surface area contributed by atoms with Crippen LogP contribution in [0.3, 0.4) is 0 Å². The largest absolute Gasteiger partial charge is 0.390 e. The first-order chi connectivity index (χ1) is 25.1. The fourth-order valence-corrected chi connectivity index (χ4v) is 8.86. The van der Waals surface area contributed by atoms with E-state index in [1.807, 2.05) is 53.3 Å². The minimum atomic E-state index is -4.12. The maximum atomic E-state index is 14.4. The number of aromatic nitrogens is 1. The number of amides is 4. The second kappa shape index (κ2) is 13.6. The maximum absolute atomic E-state index is 14.4. The highest BCUT2D eigenvalue weighted by atomic mass is 32.2. The van der Waals surface area contributed by atoms with Gasteiger partial charge in [-0.05, 0) is 35.8 Å². The molecule has 0 radical (unpaired) electrons. The third-order valence-electron chi connectivity index (χ3n) is 10.1. The zero-order valence-electron chi connectivity index (χ0n) is 29.0. The van der Waals surface area contributed by atoms with E-state index in [9.17, 15) is 36.4 Å². The van der Waals surface area contributed by atoms with Gasteiger partial charge in [0, 0.05) is 22.9 Å². The Morgan fingerprint density at radius 2 is 1.64 bits per heavy atom. The molecule has 7 rings (SSSR count). The highest BCUT2D eigenvalue weighted by molar-refractivity contribution is 7.91. The molecule has 1 aliphatic heterocycles. The zero-order valence-corrected chi connectivity index (χ0v) is 30.7. The van der Waals surface area contributed by atoms with Gasteiger partial charge in [-0.2, -0.15) is 0 Å². The van der Waals surface area contributed by atoms with Crippen LogP contribution in [0.1, 0.15) is 68.1 Å². The summed E-state index contributed by atoms with van der Waals surface area (Å²) in [7, 11) is -4.12. The fourth-order valence-electron chi connectivity index (χ4n) is 6.97. The number of halogens is 2. The molecular formula is C36H38F2N6O7S2. The number of likely N-dealkylation sites (tertiary alicyclic amines) is 1. The Kier molecular flexibility index (Phi) is 9.37. The van der Waals surface area contributed by atoms with Crippen molar-refractivity contribution in [2.24, 2.45) is 16.5 Å². The number of alkyl halides is 2. The maximum Gasteiger partial charge on any atom is 0.271 e. The van der Waals surface area contributed by atoms with Crippen LogP contribution in [0.25, 0.3) is 11.1 Å². The van der Waals surface area contributed by atoms with E-state index in [1.165, 1.54) is 27.1 Å². The van der Waals surface area contributed by atoms with E-state index >= 15 is 0 Å². The van der Waals surface area contributed by atoms with Crippen LogP contribution >= 0.6 is 11.3 Å². The second-order valence-electron chi connectivity index (χ2n) is 14.9. The number of oxime groups is 1. The van der Waals surface area contributed by atoms with Crippen LogP contribution in [0.15, 0.2) is 64.6 Å². The molecule has 13 nitrogen and oxygen atoms in total. The van der Waals surface area contributed by atoms with Crippen LogP contribution in [0.4, 0.5) is 8.78 Å². The molecule has 2 aromatic carbocycles. The Bertz CT molecular complexity index is 2050. The molecule has 2 heterocycles. The number of carbonyl (C=O) groups excluding carboxylic acids is 4. The first-order valence-corrected chi connectivity index (χ1v) is 19.7. The number of fused-ring (bicyclic) bond motifs is 3. The van der Waals surface area contributed by atoms with Crippen molar-refractivity contribution in [3.05, 3.63) is 76.2 Å². The Morgan fingerprint density at radius 1 is 1.02 bits per heavy atom. The summed E-state index contributed by atoms with van der Waals surface area (Å²) < 4.78 is 55.3. The first-order valence-electron chi connectivity index (χ1n) is 17.2. The van der Waals surface area contributed by atoms with Crippen molar-refractivity contribution in [3.8, 4) is 11.1 Å². The Balaban J connectivity index is 1.18. The predicted octanol–water partition coefficient (Wildman–Crippen LogP) is 3.46. The highest BCUT2D eigenvalue weighted by Gasteiger charge is 2.67. The van der Waals surface area contributed by atoms with Gasteiger partial charge in [0.15, 0.2) is 0 Å². The Hall–Kier alpha value is -4.77. The molecule has 3 fully saturated rings. The number of thiazole rings is 1. The molecule has 3 aromatic rings. The molecule has 3 N–H and O–H groups in total. The molecule has 4 amide bonds. The molecule has 53 heavy (non-hydrogen) atoms. The van der Waals surface area contributed by atoms with Gasteiger partial charge in [-0.15, -0.1) is 11.3 Å². The molecule has 0 unspecified atom stereocenters. The number of hydrogen-bond donors (Lipinski definition) is 3. The van der Waals surface area contributed by atoms with E-state index in [0.717, 1.165) is 22.3 Å². The number of nitrogens with zero attached hydrogens (tertiary/aromatic N) is 3. The van der Waals surface area contributed by atoms with Crippen molar-refractivity contribution < 1.29 is 41.2 Å². The van der Waals surface area contributed by atoms with Crippen LogP contribution < -0.4 is 15.4 Å². The van der Waals surface area contributed by atoms with Gasteiger partial charge in [0.25, 0.3) is 11.8 Å². The molecule has 2 saturated carbocycles. The SMILES string of the molecule is CC(C)(C)[C@H](NC(=O)c1cscn1)C(=O)N1C[C@H](ON=C2c3ccccc3-c3ccccc32)C[C@H]1C(=O)N[C@@]1(C(=O)NS(=O)(=O)C2CC2)C[C@H]1C(F)F.